The van der Waals surface area contributed by atoms with E-state index in [1.165, 1.54) is 0 Å². The summed E-state index contributed by atoms with van der Waals surface area (Å²) in [5.74, 6) is -4.34. The summed E-state index contributed by atoms with van der Waals surface area (Å²) in [6.07, 6.45) is 2.86. The third kappa shape index (κ3) is 8.49. The molecular weight excluding hydrogens is 865 g/mol. The van der Waals surface area contributed by atoms with Crippen LogP contribution in [0.25, 0.3) is 0 Å². The van der Waals surface area contributed by atoms with Crippen LogP contribution >= 0.6 is 0 Å². The van der Waals surface area contributed by atoms with Gasteiger partial charge >= 0.3 is 17.9 Å². The average Bonchev–Trinajstić information content (AvgIpc) is 3.55. The van der Waals surface area contributed by atoms with E-state index in [-0.39, 0.29) is 61.6 Å². The van der Waals surface area contributed by atoms with Crippen LogP contribution in [0.15, 0.2) is 0 Å². The molecule has 12 aliphatic rings. The Balaban J connectivity index is 0.824. The zero-order chi connectivity index (χ0) is 46.4. The summed E-state index contributed by atoms with van der Waals surface area (Å²) in [4.78, 5) is 62.8. The van der Waals surface area contributed by atoms with Crippen molar-refractivity contribution in [3.05, 3.63) is 0 Å². The van der Waals surface area contributed by atoms with Crippen LogP contribution in [0.5, 0.6) is 0 Å². The highest BCUT2D eigenvalue weighted by atomic mass is 17.3. The number of ether oxygens (including phenoxy) is 9. The van der Waals surface area contributed by atoms with Crippen LogP contribution in [0.2, 0.25) is 0 Å². The maximum atomic E-state index is 14.2. The van der Waals surface area contributed by atoms with Crippen LogP contribution in [0.4, 0.5) is 0 Å². The highest BCUT2D eigenvalue weighted by Crippen LogP contribution is 2.62. The summed E-state index contributed by atoms with van der Waals surface area (Å²) in [6.45, 7) is 16.1. The zero-order valence-corrected chi connectivity index (χ0v) is 40.0. The molecule has 18 nitrogen and oxygen atoms in total. The SMILES string of the molecule is C[C@H]1[C@@H](CC(=O)O[C@@H]2C[C@@H](OC(=O)C[C@H]3O[C@@H]4O[C@@]5(C)CC[C@H]6[C@H](C)CC[C@@H]([C@H]3C)[C@@]46OO5)[C@@](O)(O[C@H](C)CCCCC3OCOO3)O[C@H]2C)O[C@@H]2O[C@@]3(C)CC[C@H]4[C@H](C)CC[C@@H]1[C@@]24OO3. The lowest BCUT2D eigenvalue weighted by Gasteiger charge is -2.60. The molecule has 22 atom stereocenters. The van der Waals surface area contributed by atoms with E-state index in [0.717, 1.165) is 51.4 Å². The molecule has 10 aliphatic heterocycles. The zero-order valence-electron chi connectivity index (χ0n) is 40.0. The third-order valence-corrected chi connectivity index (χ3v) is 17.8. The van der Waals surface area contributed by atoms with Gasteiger partial charge in [0.25, 0.3) is 0 Å². The number of aliphatic hydroxyl groups is 1. The first-order chi connectivity index (χ1) is 31.4. The first kappa shape index (κ1) is 48.0. The van der Waals surface area contributed by atoms with Crippen molar-refractivity contribution < 1.29 is 86.7 Å². The molecule has 18 heteroatoms. The summed E-state index contributed by atoms with van der Waals surface area (Å²) in [6, 6.07) is 0. The standard InChI is InChI=1S/C48H74O18/c1-25-13-15-33-28(4)35(55-42-46(33)31(25)17-19-44(7,60-42)63-65-46)22-39(49)54-37-21-38(48(51,59-30(37)6)58-27(3)11-9-10-12-41-52-24-53-62-41)57-40(50)23-36-29(5)34-16-14-26(2)32-18-20-45(8)61-43(56-36)47(32,34)66-64-45/h25-38,41-43,51H,9-24H2,1-8H3/t25-,26-,27-,28-,29-,30+,31+,32+,33+,34+,35-,36-,37-,38-,41?,42-,43-,44-,45-,46-,47-,48-/m1/s1. The van der Waals surface area contributed by atoms with E-state index >= 15 is 0 Å². The van der Waals surface area contributed by atoms with Gasteiger partial charge in [-0.1, -0.05) is 34.1 Å². The van der Waals surface area contributed by atoms with Crippen LogP contribution < -0.4 is 0 Å². The number of hydrogen-bond acceptors (Lipinski definition) is 18. The van der Waals surface area contributed by atoms with Crippen molar-refractivity contribution in [2.24, 2.45) is 47.3 Å². The molecule has 1 N–H and O–H groups in total. The number of carbonyl (C=O) groups excluding carboxylic acids is 2. The predicted octanol–water partition coefficient (Wildman–Crippen LogP) is 6.77. The fraction of sp³-hybridized carbons (Fsp3) is 0.958. The minimum Gasteiger partial charge on any atom is -0.459 e. The Hall–Kier alpha value is -1.62. The fourth-order valence-corrected chi connectivity index (χ4v) is 14.0. The van der Waals surface area contributed by atoms with Crippen LogP contribution in [0.1, 0.15) is 152 Å². The molecule has 2 saturated carbocycles. The number of esters is 2. The van der Waals surface area contributed by atoms with E-state index in [9.17, 15) is 14.7 Å². The van der Waals surface area contributed by atoms with Gasteiger partial charge in [0.1, 0.15) is 6.10 Å². The van der Waals surface area contributed by atoms with Gasteiger partial charge in [0.15, 0.2) is 43.0 Å². The van der Waals surface area contributed by atoms with Gasteiger partial charge in [-0.3, -0.25) is 9.59 Å². The third-order valence-electron chi connectivity index (χ3n) is 17.8. The molecule has 1 unspecified atom stereocenters. The smallest absolute Gasteiger partial charge is 0.320 e. The predicted molar refractivity (Wildman–Crippen MR) is 224 cm³/mol. The minimum absolute atomic E-state index is 0.0127. The molecule has 10 heterocycles. The topological polar surface area (TPSA) is 193 Å². The lowest BCUT2D eigenvalue weighted by atomic mass is 9.57. The normalized spacial score (nSPS) is 52.1. The molecule has 66 heavy (non-hydrogen) atoms. The van der Waals surface area contributed by atoms with Crippen molar-refractivity contribution in [3.8, 4) is 0 Å². The van der Waals surface area contributed by atoms with Gasteiger partial charge in [-0.15, -0.1) is 0 Å². The summed E-state index contributed by atoms with van der Waals surface area (Å²) in [5.41, 5.74) is -1.54. The largest absolute Gasteiger partial charge is 0.459 e. The maximum absolute atomic E-state index is 14.2. The second-order valence-electron chi connectivity index (χ2n) is 22.1. The van der Waals surface area contributed by atoms with Gasteiger partial charge < -0.3 is 47.7 Å². The van der Waals surface area contributed by atoms with E-state index < -0.39 is 96.2 Å². The van der Waals surface area contributed by atoms with Crippen molar-refractivity contribution in [1.29, 1.82) is 0 Å². The number of rotatable bonds is 13. The Labute approximate surface area is 387 Å². The van der Waals surface area contributed by atoms with Crippen molar-refractivity contribution >= 4 is 11.9 Å². The monoisotopic (exact) mass is 938 g/mol. The first-order valence-electron chi connectivity index (χ1n) is 25.2. The second-order valence-corrected chi connectivity index (χ2v) is 22.1. The molecular formula is C48H74O18. The lowest BCUT2D eigenvalue weighted by Crippen LogP contribution is -2.70. The van der Waals surface area contributed by atoms with Crippen LogP contribution in [-0.2, 0) is 81.5 Å². The van der Waals surface area contributed by atoms with Crippen molar-refractivity contribution in [2.45, 2.75) is 236 Å². The quantitative estimate of drug-likeness (QED) is 0.0879. The van der Waals surface area contributed by atoms with E-state index in [1.54, 1.807) is 6.92 Å². The van der Waals surface area contributed by atoms with Gasteiger partial charge in [-0.25, -0.2) is 29.3 Å². The van der Waals surface area contributed by atoms with Gasteiger partial charge in [-0.2, -0.15) is 0 Å². The molecule has 0 radical (unpaired) electrons. The Morgan fingerprint density at radius 2 is 1.26 bits per heavy atom. The molecule has 4 bridgehead atoms. The molecule has 12 rings (SSSR count). The van der Waals surface area contributed by atoms with Crippen LogP contribution in [-0.4, -0.2) is 108 Å². The highest BCUT2D eigenvalue weighted by molar-refractivity contribution is 5.71. The Bertz CT molecular complexity index is 1770. The van der Waals surface area contributed by atoms with Crippen molar-refractivity contribution in [1.82, 2.24) is 0 Å². The maximum Gasteiger partial charge on any atom is 0.320 e. The first-order valence-corrected chi connectivity index (χ1v) is 25.2. The van der Waals surface area contributed by atoms with Crippen LogP contribution in [0.3, 0.4) is 0 Å². The molecule has 12 fully saturated rings. The molecule has 2 spiro atoms. The Morgan fingerprint density at radius 1 is 0.697 bits per heavy atom. The van der Waals surface area contributed by atoms with Gasteiger partial charge in [-0.05, 0) is 115 Å². The van der Waals surface area contributed by atoms with E-state index in [1.807, 2.05) is 20.8 Å². The van der Waals surface area contributed by atoms with E-state index in [2.05, 4.69) is 27.7 Å². The molecule has 0 aromatic carbocycles. The van der Waals surface area contributed by atoms with Gasteiger partial charge in [0, 0.05) is 37.5 Å². The summed E-state index contributed by atoms with van der Waals surface area (Å²) in [5, 5.41) is 12.2. The molecule has 0 aromatic rings. The van der Waals surface area contributed by atoms with Crippen LogP contribution in [0, 0.1) is 47.3 Å². The fourth-order valence-electron chi connectivity index (χ4n) is 14.0. The molecule has 0 aromatic heterocycles. The highest BCUT2D eigenvalue weighted by Gasteiger charge is 2.71. The summed E-state index contributed by atoms with van der Waals surface area (Å²) < 4.78 is 56.7. The van der Waals surface area contributed by atoms with E-state index in [0.29, 0.717) is 37.5 Å². The molecule has 10 saturated heterocycles. The van der Waals surface area contributed by atoms with E-state index in [4.69, 9.17) is 72.0 Å². The Kier molecular flexibility index (Phi) is 13.3. The number of hydrogen-bond donors (Lipinski definition) is 1. The average molecular weight is 939 g/mol. The van der Waals surface area contributed by atoms with Crippen molar-refractivity contribution in [2.75, 3.05) is 6.79 Å². The van der Waals surface area contributed by atoms with Gasteiger partial charge in [0.05, 0.1) is 37.3 Å². The Morgan fingerprint density at radius 3 is 1.80 bits per heavy atom. The summed E-state index contributed by atoms with van der Waals surface area (Å²) in [7, 11) is 0. The molecule has 2 aliphatic carbocycles. The number of carbonyl (C=O) groups is 2. The number of fused-ring (bicyclic) bond motifs is 4. The minimum atomic E-state index is -2.35. The molecule has 374 valence electrons. The number of unbranched alkanes of at least 4 members (excludes halogenated alkanes) is 1. The van der Waals surface area contributed by atoms with Gasteiger partial charge in [0.2, 0.25) is 11.6 Å². The summed E-state index contributed by atoms with van der Waals surface area (Å²) >= 11 is 0. The molecule has 0 amide bonds. The lowest BCUT2D eigenvalue weighted by molar-refractivity contribution is -0.571. The second kappa shape index (κ2) is 18.2. The van der Waals surface area contributed by atoms with Crippen molar-refractivity contribution in [3.63, 3.8) is 0 Å².